The molecule has 2 nitrogen and oxygen atoms in total. The lowest BCUT2D eigenvalue weighted by molar-refractivity contribution is 0.0645. The second kappa shape index (κ2) is 4.59. The number of halogens is 2. The minimum Gasteiger partial charge on any atom is -0.380 e. The Morgan fingerprint density at radius 1 is 1.28 bits per heavy atom. The van der Waals surface area contributed by atoms with Gasteiger partial charge < -0.3 is 10.1 Å². The van der Waals surface area contributed by atoms with Crippen LogP contribution in [0.15, 0.2) is 18.2 Å². The average molecular weight is 253 g/mol. The summed E-state index contributed by atoms with van der Waals surface area (Å²) in [6.45, 7) is 1.47. The first-order valence-corrected chi connectivity index (χ1v) is 6.51. The fraction of sp³-hybridized carbons (Fsp3) is 0.571. The van der Waals surface area contributed by atoms with E-state index < -0.39 is 0 Å². The molecule has 0 aromatic heterocycles. The third-order valence-corrected chi connectivity index (χ3v) is 3.83. The predicted octanol–water partition coefficient (Wildman–Crippen LogP) is 2.72. The van der Waals surface area contributed by atoms with Crippen molar-refractivity contribution in [3.63, 3.8) is 0 Å². The molecule has 0 radical (unpaired) electrons. The third-order valence-electron chi connectivity index (χ3n) is 3.83. The number of benzene rings is 1. The van der Waals surface area contributed by atoms with Crippen molar-refractivity contribution in [2.75, 3.05) is 13.2 Å². The lowest BCUT2D eigenvalue weighted by atomic mass is 10.0. The summed E-state index contributed by atoms with van der Waals surface area (Å²) in [5.74, 6) is -0.697. The summed E-state index contributed by atoms with van der Waals surface area (Å²) < 4.78 is 32.5. The van der Waals surface area contributed by atoms with Crippen LogP contribution in [0.5, 0.6) is 0 Å². The molecule has 1 heterocycles. The van der Waals surface area contributed by atoms with Crippen LogP contribution in [0.3, 0.4) is 0 Å². The second-order valence-electron chi connectivity index (χ2n) is 5.26. The van der Waals surface area contributed by atoms with E-state index in [1.165, 1.54) is 18.2 Å². The molecule has 1 aromatic carbocycles. The number of hydrogen-bond acceptors (Lipinski definition) is 2. The average Bonchev–Trinajstić information content (AvgIpc) is 3.14. The largest absolute Gasteiger partial charge is 0.380 e. The molecule has 0 unspecified atom stereocenters. The first kappa shape index (κ1) is 12.1. The SMILES string of the molecule is Fc1ccc(F)c(C2(N[C@H]3CCCOC3)CC2)c1. The van der Waals surface area contributed by atoms with Crippen LogP contribution in [-0.2, 0) is 10.3 Å². The van der Waals surface area contributed by atoms with Crippen molar-refractivity contribution in [3.05, 3.63) is 35.4 Å². The normalized spacial score (nSPS) is 26.0. The molecule has 1 N–H and O–H groups in total. The smallest absolute Gasteiger partial charge is 0.128 e. The molecule has 98 valence electrons. The van der Waals surface area contributed by atoms with Crippen molar-refractivity contribution in [2.45, 2.75) is 37.3 Å². The highest BCUT2D eigenvalue weighted by Crippen LogP contribution is 2.47. The molecule has 0 spiro atoms. The molecule has 2 fully saturated rings. The van der Waals surface area contributed by atoms with E-state index in [1.807, 2.05) is 0 Å². The molecule has 0 bridgehead atoms. The molecule has 1 saturated heterocycles. The topological polar surface area (TPSA) is 21.3 Å². The van der Waals surface area contributed by atoms with Crippen LogP contribution in [0.25, 0.3) is 0 Å². The summed E-state index contributed by atoms with van der Waals surface area (Å²) in [6, 6.07) is 3.95. The Morgan fingerprint density at radius 2 is 2.11 bits per heavy atom. The van der Waals surface area contributed by atoms with Crippen molar-refractivity contribution in [2.24, 2.45) is 0 Å². The third kappa shape index (κ3) is 2.27. The van der Waals surface area contributed by atoms with Crippen LogP contribution < -0.4 is 5.32 Å². The summed E-state index contributed by atoms with van der Waals surface area (Å²) in [4.78, 5) is 0. The van der Waals surface area contributed by atoms with Crippen molar-refractivity contribution < 1.29 is 13.5 Å². The minimum atomic E-state index is -0.376. The van der Waals surface area contributed by atoms with Gasteiger partial charge >= 0.3 is 0 Å². The van der Waals surface area contributed by atoms with Gasteiger partial charge in [0, 0.05) is 23.8 Å². The number of ether oxygens (including phenoxy) is 1. The van der Waals surface area contributed by atoms with Crippen molar-refractivity contribution in [3.8, 4) is 0 Å². The maximum atomic E-state index is 13.8. The Kier molecular flexibility index (Phi) is 3.08. The van der Waals surface area contributed by atoms with Gasteiger partial charge in [0.25, 0.3) is 0 Å². The standard InChI is InChI=1S/C14H17F2NO/c15-10-3-4-13(16)12(8-10)14(5-6-14)17-11-2-1-7-18-9-11/h3-4,8,11,17H,1-2,5-7,9H2/t11-/m0/s1. The van der Waals surface area contributed by atoms with Gasteiger partial charge in [-0.15, -0.1) is 0 Å². The van der Waals surface area contributed by atoms with Crippen molar-refractivity contribution >= 4 is 0 Å². The fourth-order valence-corrected chi connectivity index (χ4v) is 2.73. The van der Waals surface area contributed by atoms with Gasteiger partial charge in [0.2, 0.25) is 0 Å². The molecule has 1 aliphatic carbocycles. The van der Waals surface area contributed by atoms with E-state index in [2.05, 4.69) is 5.32 Å². The molecule has 2 aliphatic rings. The summed E-state index contributed by atoms with van der Waals surface area (Å²) in [7, 11) is 0. The van der Waals surface area contributed by atoms with Gasteiger partial charge in [-0.3, -0.25) is 0 Å². The fourth-order valence-electron chi connectivity index (χ4n) is 2.73. The molecule has 18 heavy (non-hydrogen) atoms. The van der Waals surface area contributed by atoms with Gasteiger partial charge in [-0.05, 0) is 43.9 Å². The number of rotatable bonds is 3. The van der Waals surface area contributed by atoms with E-state index in [0.29, 0.717) is 12.2 Å². The summed E-state index contributed by atoms with van der Waals surface area (Å²) in [5, 5.41) is 3.46. The quantitative estimate of drug-likeness (QED) is 0.894. The highest BCUT2D eigenvalue weighted by atomic mass is 19.1. The van der Waals surface area contributed by atoms with Crippen molar-refractivity contribution in [1.29, 1.82) is 0 Å². The zero-order valence-electron chi connectivity index (χ0n) is 10.2. The van der Waals surface area contributed by atoms with Crippen molar-refractivity contribution in [1.82, 2.24) is 5.32 Å². The van der Waals surface area contributed by atoms with E-state index in [-0.39, 0.29) is 23.2 Å². The van der Waals surface area contributed by atoms with E-state index in [4.69, 9.17) is 4.74 Å². The highest BCUT2D eigenvalue weighted by molar-refractivity contribution is 5.32. The Balaban J connectivity index is 1.79. The van der Waals surface area contributed by atoms with Crippen LogP contribution in [0.4, 0.5) is 8.78 Å². The number of nitrogens with one attached hydrogen (secondary N) is 1. The molecule has 3 rings (SSSR count). The number of hydrogen-bond donors (Lipinski definition) is 1. The Labute approximate surface area is 105 Å². The monoisotopic (exact) mass is 253 g/mol. The van der Waals surface area contributed by atoms with Gasteiger partial charge in [0.1, 0.15) is 11.6 Å². The highest BCUT2D eigenvalue weighted by Gasteiger charge is 2.47. The summed E-state index contributed by atoms with van der Waals surface area (Å²) in [5.41, 5.74) is 0.102. The van der Waals surface area contributed by atoms with Gasteiger partial charge in [0.15, 0.2) is 0 Å². The maximum Gasteiger partial charge on any atom is 0.128 e. The molecule has 1 atom stereocenters. The van der Waals surface area contributed by atoms with E-state index in [9.17, 15) is 8.78 Å². The zero-order valence-corrected chi connectivity index (χ0v) is 10.2. The molecule has 4 heteroatoms. The molecule has 1 aliphatic heterocycles. The summed E-state index contributed by atoms with van der Waals surface area (Å²) >= 11 is 0. The van der Waals surface area contributed by atoms with Gasteiger partial charge in [-0.1, -0.05) is 0 Å². The van der Waals surface area contributed by atoms with Crippen LogP contribution in [0, 0.1) is 11.6 Å². The molecular weight excluding hydrogens is 236 g/mol. The van der Waals surface area contributed by atoms with E-state index in [0.717, 1.165) is 32.3 Å². The zero-order chi connectivity index (χ0) is 12.6. The molecular formula is C14H17F2NO. The van der Waals surface area contributed by atoms with Crippen LogP contribution in [0.2, 0.25) is 0 Å². The Bertz CT molecular complexity index is 439. The molecule has 0 amide bonds. The lowest BCUT2D eigenvalue weighted by Crippen LogP contribution is -2.43. The maximum absolute atomic E-state index is 13.8. The van der Waals surface area contributed by atoms with Gasteiger partial charge in [-0.2, -0.15) is 0 Å². The van der Waals surface area contributed by atoms with Crippen LogP contribution in [0.1, 0.15) is 31.2 Å². The Hall–Kier alpha value is -1.00. The molecule has 1 aromatic rings. The van der Waals surface area contributed by atoms with Crippen LogP contribution >= 0.6 is 0 Å². The first-order chi connectivity index (χ1) is 8.70. The lowest BCUT2D eigenvalue weighted by Gasteiger charge is -2.29. The van der Waals surface area contributed by atoms with E-state index >= 15 is 0 Å². The van der Waals surface area contributed by atoms with Gasteiger partial charge in [-0.25, -0.2) is 8.78 Å². The molecule has 1 saturated carbocycles. The summed E-state index contributed by atoms with van der Waals surface area (Å²) in [6.07, 6.45) is 3.80. The predicted molar refractivity (Wildman–Crippen MR) is 64.2 cm³/mol. The minimum absolute atomic E-state index is 0.254. The van der Waals surface area contributed by atoms with Gasteiger partial charge in [0.05, 0.1) is 6.61 Å². The Morgan fingerprint density at radius 3 is 2.78 bits per heavy atom. The van der Waals surface area contributed by atoms with E-state index in [1.54, 1.807) is 0 Å². The second-order valence-corrected chi connectivity index (χ2v) is 5.26. The van der Waals surface area contributed by atoms with Crippen LogP contribution in [-0.4, -0.2) is 19.3 Å². The first-order valence-electron chi connectivity index (χ1n) is 6.51.